The van der Waals surface area contributed by atoms with Gasteiger partial charge in [0.25, 0.3) is 17.4 Å². The lowest BCUT2D eigenvalue weighted by atomic mass is 9.81. The molecule has 1 aliphatic carbocycles. The highest BCUT2D eigenvalue weighted by Crippen LogP contribution is 2.46. The summed E-state index contributed by atoms with van der Waals surface area (Å²) in [5.41, 5.74) is 3.02. The van der Waals surface area contributed by atoms with Crippen LogP contribution in [0.5, 0.6) is 0 Å². The molecule has 11 amide bonds. The predicted molar refractivity (Wildman–Crippen MR) is 325 cm³/mol. The van der Waals surface area contributed by atoms with Crippen molar-refractivity contribution in [2.45, 2.75) is 112 Å². The summed E-state index contributed by atoms with van der Waals surface area (Å²) in [5.74, 6) is -10.3. The lowest BCUT2D eigenvalue weighted by molar-refractivity contribution is -0.227. The van der Waals surface area contributed by atoms with Crippen molar-refractivity contribution in [2.24, 2.45) is 0 Å². The van der Waals surface area contributed by atoms with Gasteiger partial charge in [-0.15, -0.1) is 0 Å². The summed E-state index contributed by atoms with van der Waals surface area (Å²) in [4.78, 5) is 174. The van der Waals surface area contributed by atoms with Crippen LogP contribution in [0.4, 0.5) is 4.39 Å². The Morgan fingerprint density at radius 2 is 1.42 bits per heavy atom. The van der Waals surface area contributed by atoms with Gasteiger partial charge in [-0.1, -0.05) is 30.3 Å². The molecule has 5 aliphatic rings. The van der Waals surface area contributed by atoms with Crippen LogP contribution >= 0.6 is 0 Å². The van der Waals surface area contributed by atoms with Crippen LogP contribution in [0, 0.1) is 12.7 Å². The van der Waals surface area contributed by atoms with Crippen molar-refractivity contribution in [3.05, 3.63) is 110 Å². The number of nitrogens with one attached hydrogen (secondary N) is 9. The quantitative estimate of drug-likeness (QED) is 0.00728. The molecule has 2 aromatic carbocycles. The standard InChI is InChI=1S/C61H68FN12O21Si/c1-28-30-11-13-61(96,51-32-22-73-38(52(32)71-36(50(30)51)17-34(28)62)16-31-33(59(73)91)25-94-60(92)53(31)85)72-47(82)26-93-27-68-44(79)20-67-58(90)37(15-29-5-3-2-4-6-29)70-45(80)21-65-43(78)19-66-57(89)35(69-42(77)12-14-63-46(81)23-74-48(83)9-10-49(74)84)7-8-41(76)64-18-39-54(86)56(88)55(87)40(24-75)95-39/h2-6,9-10,16-17,35,37,39-40,53-56,75,85-88H,7-8,11-15,18-27H2,1H3,(H,63,81)(H,64,76)(H,65,78)(H,66,89)(H,67,90)(H,68,79)(H,69,77)(H,70,80)(H,72,82)/t35?,37-,39-,40+,53-,54-,55+,56+,61-/m0/s1. The summed E-state index contributed by atoms with van der Waals surface area (Å²) in [6.07, 6.45) is -8.28. The number of aliphatic hydroxyl groups is 5. The third-order valence-corrected chi connectivity index (χ3v) is 17.2. The number of halogens is 1. The van der Waals surface area contributed by atoms with Gasteiger partial charge >= 0.3 is 5.97 Å². The second kappa shape index (κ2) is 30.8. The Kier molecular flexibility index (Phi) is 22.6. The van der Waals surface area contributed by atoms with Crippen LogP contribution in [0.3, 0.4) is 0 Å². The maximum atomic E-state index is 15.4. The van der Waals surface area contributed by atoms with E-state index in [-0.39, 0.29) is 60.6 Å². The van der Waals surface area contributed by atoms with E-state index in [4.69, 9.17) is 19.2 Å². The molecule has 1 fully saturated rings. The van der Waals surface area contributed by atoms with Crippen molar-refractivity contribution < 1.29 is 102 Å². The summed E-state index contributed by atoms with van der Waals surface area (Å²) in [7, 11) is 3.84. The lowest BCUT2D eigenvalue weighted by Gasteiger charge is -2.40. The molecule has 1 saturated heterocycles. The number of amides is 11. The smallest absolute Gasteiger partial charge is 0.340 e. The van der Waals surface area contributed by atoms with Crippen LogP contribution in [-0.4, -0.2) is 223 Å². The number of aliphatic hydroxyl groups excluding tert-OH is 5. The van der Waals surface area contributed by atoms with E-state index in [2.05, 4.69) is 58.1 Å². The Bertz CT molecular complexity index is 3870. The van der Waals surface area contributed by atoms with E-state index in [0.717, 1.165) is 12.2 Å². The average Bonchev–Trinajstić information content (AvgIpc) is 1.41. The Morgan fingerprint density at radius 1 is 0.750 bits per heavy atom. The van der Waals surface area contributed by atoms with Crippen molar-refractivity contribution in [3.63, 3.8) is 0 Å². The number of benzene rings is 2. The number of esters is 1. The summed E-state index contributed by atoms with van der Waals surface area (Å²) >= 11 is 0. The number of carbonyl (C=O) groups excluding carboxylic acids is 12. The van der Waals surface area contributed by atoms with E-state index in [1.54, 1.807) is 37.3 Å². The number of rotatable bonds is 28. The average molecular weight is 1350 g/mol. The third-order valence-electron chi connectivity index (χ3n) is 16.6. The highest BCUT2D eigenvalue weighted by molar-refractivity contribution is 6.20. The molecule has 1 unspecified atom stereocenters. The van der Waals surface area contributed by atoms with Gasteiger partial charge in [0, 0.05) is 72.2 Å². The van der Waals surface area contributed by atoms with Crippen molar-refractivity contribution in [3.8, 4) is 11.4 Å². The second-order valence-corrected chi connectivity index (χ2v) is 24.0. The number of hydrogen-bond donors (Lipinski definition) is 14. The molecule has 14 N–H and O–H groups in total. The van der Waals surface area contributed by atoms with Crippen molar-refractivity contribution >= 4 is 92.1 Å². The van der Waals surface area contributed by atoms with Gasteiger partial charge in [0.05, 0.1) is 65.5 Å². The van der Waals surface area contributed by atoms with Crippen molar-refractivity contribution in [1.29, 1.82) is 0 Å². The molecule has 96 heavy (non-hydrogen) atoms. The molecule has 3 radical (unpaired) electrons. The van der Waals surface area contributed by atoms with E-state index in [1.807, 2.05) is 0 Å². The fraction of sp³-hybridized carbons (Fsp3) is 0.443. The van der Waals surface area contributed by atoms with Crippen LogP contribution in [0.15, 0.2) is 59.4 Å². The van der Waals surface area contributed by atoms with Gasteiger partial charge in [0.1, 0.15) is 74.9 Å². The SMILES string of the molecule is Cc1c(F)cc2nc3c(c4c2c1CC[C@@]4([Si])NC(=O)COCNC(=O)CNC(=O)[C@H](Cc1ccccc1)NC(=O)CNC(=O)CNC(=O)C(CCC(=O)NC[C@@H]1O[C@H](CO)[C@@H](O)[C@H](O)[C@H]1O)NC(=O)CCNC(=O)CN1C(=O)C=CC1=O)Cn1c-3cc2c(c1=O)COC(=O)[C@H]2O. The minimum absolute atomic E-state index is 0.0299. The van der Waals surface area contributed by atoms with Gasteiger partial charge in [0.2, 0.25) is 53.2 Å². The molecule has 9 rings (SSSR count). The molecule has 9 atom stereocenters. The molecular weight excluding hydrogens is 1280 g/mol. The number of carbonyl (C=O) groups is 12. The number of fused-ring (bicyclic) bond motifs is 5. The number of imide groups is 1. The van der Waals surface area contributed by atoms with E-state index in [0.29, 0.717) is 44.5 Å². The summed E-state index contributed by atoms with van der Waals surface area (Å²) in [6, 6.07) is 8.30. The number of nitrogens with zero attached hydrogens (tertiary/aromatic N) is 3. The van der Waals surface area contributed by atoms with Crippen LogP contribution < -0.4 is 53.4 Å². The Morgan fingerprint density at radius 3 is 2.12 bits per heavy atom. The molecule has 2 aromatic heterocycles. The fourth-order valence-electron chi connectivity index (χ4n) is 11.6. The number of pyridine rings is 2. The monoisotopic (exact) mass is 1350 g/mol. The van der Waals surface area contributed by atoms with Gasteiger partial charge in [0.15, 0.2) is 6.10 Å². The van der Waals surface area contributed by atoms with Gasteiger partial charge in [-0.25, -0.2) is 14.2 Å². The number of ether oxygens (including phenoxy) is 3. The number of hydrogen-bond acceptors (Lipinski definition) is 22. The normalized spacial score (nSPS) is 21.1. The maximum absolute atomic E-state index is 15.4. The van der Waals surface area contributed by atoms with E-state index in [1.165, 1.54) is 16.7 Å². The number of aromatic nitrogens is 2. The van der Waals surface area contributed by atoms with Gasteiger partial charge in [-0.05, 0) is 54.5 Å². The minimum Gasteiger partial charge on any atom is -0.458 e. The molecule has 0 spiro atoms. The zero-order chi connectivity index (χ0) is 69.3. The first-order chi connectivity index (χ1) is 45.7. The fourth-order valence-corrected chi connectivity index (χ4v) is 12.1. The largest absolute Gasteiger partial charge is 0.458 e. The highest BCUT2D eigenvalue weighted by atomic mass is 28.1. The molecule has 6 heterocycles. The Balaban J connectivity index is 0.744. The van der Waals surface area contributed by atoms with Crippen LogP contribution in [0.2, 0.25) is 0 Å². The van der Waals surface area contributed by atoms with Crippen LogP contribution in [0.25, 0.3) is 22.3 Å². The van der Waals surface area contributed by atoms with Crippen molar-refractivity contribution in [1.82, 2.24) is 62.3 Å². The topological polar surface area (TPSA) is 480 Å². The van der Waals surface area contributed by atoms with Gasteiger partial charge in [-0.2, -0.15) is 0 Å². The second-order valence-electron chi connectivity index (χ2n) is 23.1. The van der Waals surface area contributed by atoms with Gasteiger partial charge in [-0.3, -0.25) is 62.4 Å². The first-order valence-corrected chi connectivity index (χ1v) is 30.7. The van der Waals surface area contributed by atoms with Crippen LogP contribution in [-0.2, 0) is 103 Å². The lowest BCUT2D eigenvalue weighted by Crippen LogP contribution is -2.60. The summed E-state index contributed by atoms with van der Waals surface area (Å²) < 4.78 is 32.8. The molecule has 509 valence electrons. The first-order valence-electron chi connectivity index (χ1n) is 30.2. The maximum Gasteiger partial charge on any atom is 0.340 e. The number of cyclic esters (lactones) is 1. The molecule has 4 aliphatic heterocycles. The molecule has 4 aromatic rings. The summed E-state index contributed by atoms with van der Waals surface area (Å²) in [5, 5.41) is 72.0. The predicted octanol–water partition coefficient (Wildman–Crippen LogP) is -6.83. The molecular formula is C61H68FN12O21Si. The molecule has 33 nitrogen and oxygen atoms in total. The van der Waals surface area contributed by atoms with E-state index >= 15 is 4.39 Å². The Hall–Kier alpha value is -9.75. The van der Waals surface area contributed by atoms with Gasteiger partial charge < -0.3 is 92.2 Å². The van der Waals surface area contributed by atoms with E-state index in [9.17, 15) is 87.9 Å². The van der Waals surface area contributed by atoms with E-state index < -0.39 is 208 Å². The zero-order valence-corrected chi connectivity index (χ0v) is 52.3. The molecule has 0 saturated carbocycles. The van der Waals surface area contributed by atoms with Crippen LogP contribution in [0.1, 0.15) is 70.7 Å². The Labute approximate surface area is 547 Å². The summed E-state index contributed by atoms with van der Waals surface area (Å²) in [6.45, 7) is -4.14. The third kappa shape index (κ3) is 16.3. The molecule has 0 bridgehead atoms. The number of aryl methyl sites for hydroxylation is 1. The van der Waals surface area contributed by atoms with Crippen molar-refractivity contribution in [2.75, 3.05) is 59.2 Å². The first kappa shape index (κ1) is 70.6. The highest BCUT2D eigenvalue weighted by Gasteiger charge is 2.45. The molecule has 35 heteroatoms. The minimum atomic E-state index is -1.72. The zero-order valence-electron chi connectivity index (χ0n) is 51.3.